The number of hydrogen-bond donors (Lipinski definition) is 1. The van der Waals surface area contributed by atoms with E-state index in [1.807, 2.05) is 41.3 Å². The summed E-state index contributed by atoms with van der Waals surface area (Å²) < 4.78 is 4.53. The largest absolute Gasteiger partial charge is 0.345 e. The molecule has 1 aromatic heterocycles. The van der Waals surface area contributed by atoms with Crippen molar-refractivity contribution < 1.29 is 4.79 Å². The molecule has 0 aliphatic carbocycles. The second kappa shape index (κ2) is 10.1. The van der Waals surface area contributed by atoms with Gasteiger partial charge in [0.1, 0.15) is 5.82 Å². The Bertz CT molecular complexity index is 1010. The van der Waals surface area contributed by atoms with Crippen LogP contribution in [0.25, 0.3) is 0 Å². The number of benzene rings is 2. The van der Waals surface area contributed by atoms with Gasteiger partial charge in [-0.3, -0.25) is 0 Å². The third-order valence-electron chi connectivity index (χ3n) is 5.40. The number of nitrogens with one attached hydrogen (secondary N) is 1. The molecule has 0 saturated carbocycles. The number of aryl methyl sites for hydroxylation is 1. The van der Waals surface area contributed by atoms with Gasteiger partial charge in [0, 0.05) is 54.8 Å². The van der Waals surface area contributed by atoms with Crippen molar-refractivity contribution in [3.05, 3.63) is 70.5 Å². The van der Waals surface area contributed by atoms with Crippen LogP contribution in [0.4, 0.5) is 15.6 Å². The molecule has 0 bridgehead atoms. The fraction of sp³-hybridized carbons (Fsp3) is 0.348. The number of urea groups is 1. The van der Waals surface area contributed by atoms with Gasteiger partial charge in [-0.15, -0.1) is 0 Å². The Kier molecular flexibility index (Phi) is 7.04. The minimum absolute atomic E-state index is 0.0493. The standard InChI is InChI=1S/C23H26ClN5OS/c1-2-17-6-10-20(11-7-17)25-22(30)28-12-3-13-29(15-14-28)23-26-21(27-31-23)16-18-4-8-19(24)9-5-18/h4-11H,2-3,12-16H2,1H3,(H,25,30). The van der Waals surface area contributed by atoms with Crippen LogP contribution in [0.1, 0.15) is 30.3 Å². The molecule has 2 aromatic carbocycles. The SMILES string of the molecule is CCc1ccc(NC(=O)N2CCCN(c3nc(Cc4ccc(Cl)cc4)ns3)CC2)cc1. The van der Waals surface area contributed by atoms with Gasteiger partial charge in [-0.25, -0.2) is 9.78 Å². The number of anilines is 2. The summed E-state index contributed by atoms with van der Waals surface area (Å²) in [7, 11) is 0. The number of nitrogens with zero attached hydrogens (tertiary/aromatic N) is 4. The van der Waals surface area contributed by atoms with Crippen LogP contribution < -0.4 is 10.2 Å². The van der Waals surface area contributed by atoms with Crippen molar-refractivity contribution in [1.29, 1.82) is 0 Å². The Morgan fingerprint density at radius 3 is 2.52 bits per heavy atom. The first-order valence-corrected chi connectivity index (χ1v) is 11.7. The summed E-state index contributed by atoms with van der Waals surface area (Å²) in [6, 6.07) is 15.8. The molecule has 31 heavy (non-hydrogen) atoms. The minimum atomic E-state index is -0.0493. The van der Waals surface area contributed by atoms with Crippen LogP contribution in [0.3, 0.4) is 0 Å². The Morgan fingerprint density at radius 1 is 1.03 bits per heavy atom. The molecule has 4 rings (SSSR count). The van der Waals surface area contributed by atoms with Gasteiger partial charge in [0.2, 0.25) is 5.13 Å². The number of aromatic nitrogens is 2. The van der Waals surface area contributed by atoms with Crippen molar-refractivity contribution in [3.63, 3.8) is 0 Å². The first kappa shape index (κ1) is 21.6. The van der Waals surface area contributed by atoms with E-state index in [2.05, 4.69) is 33.6 Å². The molecule has 3 aromatic rings. The third kappa shape index (κ3) is 5.74. The number of amides is 2. The van der Waals surface area contributed by atoms with E-state index in [1.165, 1.54) is 17.1 Å². The van der Waals surface area contributed by atoms with Crippen LogP contribution in [0, 0.1) is 0 Å². The predicted octanol–water partition coefficient (Wildman–Crippen LogP) is 5.09. The molecular formula is C23H26ClN5OS. The number of halogens is 1. The molecule has 8 heteroatoms. The van der Waals surface area contributed by atoms with Crippen molar-refractivity contribution in [3.8, 4) is 0 Å². The summed E-state index contributed by atoms with van der Waals surface area (Å²) in [5.74, 6) is 0.816. The normalized spacial score (nSPS) is 14.4. The lowest BCUT2D eigenvalue weighted by Gasteiger charge is -2.22. The van der Waals surface area contributed by atoms with Gasteiger partial charge >= 0.3 is 6.03 Å². The molecule has 0 atom stereocenters. The van der Waals surface area contributed by atoms with Crippen LogP contribution in [0.5, 0.6) is 0 Å². The second-order valence-electron chi connectivity index (χ2n) is 7.60. The Hall–Kier alpha value is -2.64. The first-order valence-electron chi connectivity index (χ1n) is 10.6. The van der Waals surface area contributed by atoms with Crippen molar-refractivity contribution in [1.82, 2.24) is 14.3 Å². The zero-order valence-corrected chi connectivity index (χ0v) is 19.1. The molecule has 1 aliphatic heterocycles. The lowest BCUT2D eigenvalue weighted by Crippen LogP contribution is -2.38. The summed E-state index contributed by atoms with van der Waals surface area (Å²) in [6.07, 6.45) is 2.57. The maximum atomic E-state index is 12.7. The van der Waals surface area contributed by atoms with Gasteiger partial charge in [0.05, 0.1) is 0 Å². The van der Waals surface area contributed by atoms with Crippen molar-refractivity contribution in [2.45, 2.75) is 26.2 Å². The van der Waals surface area contributed by atoms with Gasteiger partial charge in [-0.2, -0.15) is 4.37 Å². The molecule has 162 valence electrons. The summed E-state index contributed by atoms with van der Waals surface area (Å²) in [5.41, 5.74) is 3.23. The summed E-state index contributed by atoms with van der Waals surface area (Å²) in [6.45, 7) is 5.12. The van der Waals surface area contributed by atoms with Gasteiger partial charge in [0.15, 0.2) is 0 Å². The van der Waals surface area contributed by atoms with Gasteiger partial charge in [0.25, 0.3) is 0 Å². The number of hydrogen-bond acceptors (Lipinski definition) is 5. The van der Waals surface area contributed by atoms with E-state index < -0.39 is 0 Å². The number of carbonyl (C=O) groups excluding carboxylic acids is 1. The van der Waals surface area contributed by atoms with E-state index in [0.29, 0.717) is 13.0 Å². The molecule has 1 saturated heterocycles. The van der Waals surface area contributed by atoms with Crippen LogP contribution in [-0.4, -0.2) is 46.5 Å². The van der Waals surface area contributed by atoms with Crippen molar-refractivity contribution in [2.24, 2.45) is 0 Å². The molecule has 0 radical (unpaired) electrons. The molecule has 1 fully saturated rings. The summed E-state index contributed by atoms with van der Waals surface area (Å²) >= 11 is 7.38. The van der Waals surface area contributed by atoms with Gasteiger partial charge < -0.3 is 15.1 Å². The van der Waals surface area contributed by atoms with Gasteiger partial charge in [-0.05, 0) is 48.2 Å². The van der Waals surface area contributed by atoms with E-state index in [1.54, 1.807) is 0 Å². The van der Waals surface area contributed by atoms with Crippen molar-refractivity contribution in [2.75, 3.05) is 36.4 Å². The monoisotopic (exact) mass is 455 g/mol. The summed E-state index contributed by atoms with van der Waals surface area (Å²) in [4.78, 5) is 21.5. The maximum absolute atomic E-state index is 12.7. The second-order valence-corrected chi connectivity index (χ2v) is 8.77. The quantitative estimate of drug-likeness (QED) is 0.582. The van der Waals surface area contributed by atoms with Crippen LogP contribution in [0.2, 0.25) is 5.02 Å². The van der Waals surface area contributed by atoms with Gasteiger partial charge in [-0.1, -0.05) is 42.8 Å². The van der Waals surface area contributed by atoms with E-state index in [4.69, 9.17) is 16.6 Å². The molecule has 1 aliphatic rings. The Morgan fingerprint density at radius 2 is 1.77 bits per heavy atom. The highest BCUT2D eigenvalue weighted by Gasteiger charge is 2.21. The maximum Gasteiger partial charge on any atom is 0.321 e. The highest BCUT2D eigenvalue weighted by molar-refractivity contribution is 7.09. The fourth-order valence-corrected chi connectivity index (χ4v) is 4.43. The van der Waals surface area contributed by atoms with E-state index in [-0.39, 0.29) is 6.03 Å². The molecule has 2 heterocycles. The minimum Gasteiger partial charge on any atom is -0.345 e. The highest BCUT2D eigenvalue weighted by atomic mass is 35.5. The Balaban J connectivity index is 1.32. The average molecular weight is 456 g/mol. The van der Waals surface area contributed by atoms with E-state index >= 15 is 0 Å². The topological polar surface area (TPSA) is 61.4 Å². The molecule has 1 N–H and O–H groups in total. The molecule has 2 amide bonds. The smallest absolute Gasteiger partial charge is 0.321 e. The zero-order valence-electron chi connectivity index (χ0n) is 17.6. The zero-order chi connectivity index (χ0) is 21.6. The first-order chi connectivity index (χ1) is 15.1. The molecule has 0 unspecified atom stereocenters. The summed E-state index contributed by atoms with van der Waals surface area (Å²) in [5, 5.41) is 4.66. The van der Waals surface area contributed by atoms with E-state index in [9.17, 15) is 4.79 Å². The predicted molar refractivity (Wildman–Crippen MR) is 127 cm³/mol. The van der Waals surface area contributed by atoms with Crippen LogP contribution in [0.15, 0.2) is 48.5 Å². The third-order valence-corrected chi connectivity index (χ3v) is 6.47. The Labute approximate surface area is 192 Å². The molecular weight excluding hydrogens is 430 g/mol. The van der Waals surface area contributed by atoms with E-state index in [0.717, 1.165) is 59.7 Å². The van der Waals surface area contributed by atoms with Crippen LogP contribution in [-0.2, 0) is 12.8 Å². The lowest BCUT2D eigenvalue weighted by atomic mass is 10.1. The lowest BCUT2D eigenvalue weighted by molar-refractivity contribution is 0.215. The van der Waals surface area contributed by atoms with Crippen molar-refractivity contribution >= 4 is 40.0 Å². The van der Waals surface area contributed by atoms with Crippen LogP contribution >= 0.6 is 23.1 Å². The number of rotatable bonds is 5. The number of carbonyl (C=O) groups is 1. The fourth-order valence-electron chi connectivity index (χ4n) is 3.57. The molecule has 6 nitrogen and oxygen atoms in total. The molecule has 0 spiro atoms. The highest BCUT2D eigenvalue weighted by Crippen LogP contribution is 2.21. The average Bonchev–Trinajstić information content (AvgIpc) is 3.10.